The second-order valence-electron chi connectivity index (χ2n) is 4.78. The van der Waals surface area contributed by atoms with E-state index in [0.717, 1.165) is 5.92 Å². The molecule has 0 aromatic heterocycles. The van der Waals surface area contributed by atoms with Gasteiger partial charge in [-0.25, -0.2) is 0 Å². The molecule has 0 spiro atoms. The zero-order valence-corrected chi connectivity index (χ0v) is 8.09. The fourth-order valence-electron chi connectivity index (χ4n) is 2.40. The molecule has 0 aliphatic heterocycles. The highest BCUT2D eigenvalue weighted by atomic mass is 16.3. The van der Waals surface area contributed by atoms with E-state index < -0.39 is 0 Å². The van der Waals surface area contributed by atoms with Crippen molar-refractivity contribution in [3.8, 4) is 0 Å². The van der Waals surface area contributed by atoms with Gasteiger partial charge in [0, 0.05) is 6.61 Å². The van der Waals surface area contributed by atoms with E-state index in [1.807, 2.05) is 0 Å². The van der Waals surface area contributed by atoms with Crippen molar-refractivity contribution in [3.63, 3.8) is 0 Å². The van der Waals surface area contributed by atoms with Crippen LogP contribution in [0.1, 0.15) is 34.1 Å². The summed E-state index contributed by atoms with van der Waals surface area (Å²) in [5.74, 6) is 1.98. The summed E-state index contributed by atoms with van der Waals surface area (Å²) in [5, 5.41) is 9.09. The van der Waals surface area contributed by atoms with Crippen LogP contribution in [0.4, 0.5) is 0 Å². The van der Waals surface area contributed by atoms with Crippen molar-refractivity contribution in [2.24, 2.45) is 23.2 Å². The van der Waals surface area contributed by atoms with E-state index in [1.54, 1.807) is 0 Å². The zero-order valence-electron chi connectivity index (χ0n) is 8.09. The van der Waals surface area contributed by atoms with Crippen LogP contribution in [0.2, 0.25) is 0 Å². The molecule has 0 amide bonds. The third kappa shape index (κ3) is 1.44. The first-order valence-electron chi connectivity index (χ1n) is 4.60. The predicted octanol–water partition coefficient (Wildman–Crippen LogP) is 2.30. The SMILES string of the molecule is C[C@@H]1[C@H](CO)CC(C)(C)[C@H]1C. The minimum absolute atomic E-state index is 0.370. The average Bonchev–Trinajstić information content (AvgIpc) is 2.13. The number of hydrogen-bond donors (Lipinski definition) is 1. The summed E-state index contributed by atoms with van der Waals surface area (Å²) >= 11 is 0. The molecule has 1 aliphatic rings. The number of rotatable bonds is 1. The van der Waals surface area contributed by atoms with Crippen LogP contribution in [0.15, 0.2) is 0 Å². The summed E-state index contributed by atoms with van der Waals surface area (Å²) in [6.45, 7) is 9.56. The Morgan fingerprint density at radius 2 is 1.91 bits per heavy atom. The van der Waals surface area contributed by atoms with E-state index in [1.165, 1.54) is 6.42 Å². The molecule has 0 bridgehead atoms. The Balaban J connectivity index is 2.69. The summed E-state index contributed by atoms with van der Waals surface area (Å²) in [6.07, 6.45) is 1.19. The Hall–Kier alpha value is -0.0400. The molecule has 3 atom stereocenters. The maximum atomic E-state index is 9.09. The molecule has 0 aromatic carbocycles. The van der Waals surface area contributed by atoms with Crippen molar-refractivity contribution in [1.82, 2.24) is 0 Å². The van der Waals surface area contributed by atoms with E-state index >= 15 is 0 Å². The smallest absolute Gasteiger partial charge is 0.0462 e. The van der Waals surface area contributed by atoms with Gasteiger partial charge in [-0.05, 0) is 29.6 Å². The third-order valence-corrected chi connectivity index (χ3v) is 3.79. The van der Waals surface area contributed by atoms with Crippen LogP contribution in [0.25, 0.3) is 0 Å². The lowest BCUT2D eigenvalue weighted by atomic mass is 9.81. The second-order valence-corrected chi connectivity index (χ2v) is 4.78. The monoisotopic (exact) mass is 156 g/mol. The molecule has 0 unspecified atom stereocenters. The quantitative estimate of drug-likeness (QED) is 0.617. The first-order valence-corrected chi connectivity index (χ1v) is 4.60. The molecule has 66 valence electrons. The third-order valence-electron chi connectivity index (χ3n) is 3.79. The molecule has 1 saturated carbocycles. The predicted molar refractivity (Wildman–Crippen MR) is 47.3 cm³/mol. The van der Waals surface area contributed by atoms with Gasteiger partial charge in [0.05, 0.1) is 0 Å². The second kappa shape index (κ2) is 2.78. The molecular weight excluding hydrogens is 136 g/mol. The zero-order chi connectivity index (χ0) is 8.65. The summed E-state index contributed by atoms with van der Waals surface area (Å²) in [6, 6.07) is 0. The van der Waals surface area contributed by atoms with Crippen molar-refractivity contribution >= 4 is 0 Å². The van der Waals surface area contributed by atoms with Gasteiger partial charge < -0.3 is 5.11 Å². The van der Waals surface area contributed by atoms with E-state index in [4.69, 9.17) is 5.11 Å². The van der Waals surface area contributed by atoms with Gasteiger partial charge in [0.15, 0.2) is 0 Å². The molecule has 1 aliphatic carbocycles. The van der Waals surface area contributed by atoms with Crippen molar-refractivity contribution in [3.05, 3.63) is 0 Å². The van der Waals surface area contributed by atoms with Crippen LogP contribution in [-0.2, 0) is 0 Å². The van der Waals surface area contributed by atoms with Gasteiger partial charge in [0.25, 0.3) is 0 Å². The number of hydrogen-bond acceptors (Lipinski definition) is 1. The van der Waals surface area contributed by atoms with Gasteiger partial charge in [-0.1, -0.05) is 27.7 Å². The Morgan fingerprint density at radius 3 is 2.09 bits per heavy atom. The van der Waals surface area contributed by atoms with Gasteiger partial charge in [0.1, 0.15) is 0 Å². The molecule has 1 rings (SSSR count). The maximum absolute atomic E-state index is 9.09. The highest BCUT2D eigenvalue weighted by molar-refractivity contribution is 4.91. The number of aliphatic hydroxyl groups is 1. The van der Waals surface area contributed by atoms with E-state index in [0.29, 0.717) is 23.9 Å². The van der Waals surface area contributed by atoms with Crippen molar-refractivity contribution < 1.29 is 5.11 Å². The van der Waals surface area contributed by atoms with Gasteiger partial charge >= 0.3 is 0 Å². The fraction of sp³-hybridized carbons (Fsp3) is 1.00. The Labute approximate surface area is 69.8 Å². The Kier molecular flexibility index (Phi) is 2.29. The summed E-state index contributed by atoms with van der Waals surface area (Å²) in [5.41, 5.74) is 0.437. The van der Waals surface area contributed by atoms with Crippen molar-refractivity contribution in [2.75, 3.05) is 6.61 Å². The lowest BCUT2D eigenvalue weighted by Gasteiger charge is -2.25. The number of aliphatic hydroxyl groups excluding tert-OH is 1. The average molecular weight is 156 g/mol. The molecule has 1 N–H and O–H groups in total. The topological polar surface area (TPSA) is 20.2 Å². The van der Waals surface area contributed by atoms with Crippen molar-refractivity contribution in [1.29, 1.82) is 0 Å². The normalized spacial score (nSPS) is 42.8. The highest BCUT2D eigenvalue weighted by Gasteiger charge is 2.42. The van der Waals surface area contributed by atoms with Gasteiger partial charge in [-0.2, -0.15) is 0 Å². The van der Waals surface area contributed by atoms with E-state index in [2.05, 4.69) is 27.7 Å². The molecule has 1 fully saturated rings. The van der Waals surface area contributed by atoms with Crippen LogP contribution in [0, 0.1) is 23.2 Å². The van der Waals surface area contributed by atoms with Crippen LogP contribution in [0.5, 0.6) is 0 Å². The van der Waals surface area contributed by atoms with E-state index in [9.17, 15) is 0 Å². The molecule has 1 heteroatoms. The standard InChI is InChI=1S/C10H20O/c1-7-8(2)10(3,4)5-9(7)6-11/h7-9,11H,5-6H2,1-4H3/t7-,8-,9-/m0/s1. The molecule has 0 radical (unpaired) electrons. The van der Waals surface area contributed by atoms with Crippen molar-refractivity contribution in [2.45, 2.75) is 34.1 Å². The van der Waals surface area contributed by atoms with Gasteiger partial charge in [0.2, 0.25) is 0 Å². The first kappa shape index (κ1) is 9.05. The fourth-order valence-corrected chi connectivity index (χ4v) is 2.40. The lowest BCUT2D eigenvalue weighted by Crippen LogP contribution is -2.17. The summed E-state index contributed by atoms with van der Waals surface area (Å²) < 4.78 is 0. The molecule has 11 heavy (non-hydrogen) atoms. The van der Waals surface area contributed by atoms with E-state index in [-0.39, 0.29) is 0 Å². The van der Waals surface area contributed by atoms with Crippen LogP contribution in [-0.4, -0.2) is 11.7 Å². The first-order chi connectivity index (χ1) is 4.99. The summed E-state index contributed by atoms with van der Waals surface area (Å²) in [4.78, 5) is 0. The van der Waals surface area contributed by atoms with Crippen LogP contribution in [0.3, 0.4) is 0 Å². The lowest BCUT2D eigenvalue weighted by molar-refractivity contribution is 0.191. The maximum Gasteiger partial charge on any atom is 0.0462 e. The van der Waals surface area contributed by atoms with Gasteiger partial charge in [-0.15, -0.1) is 0 Å². The molecule has 1 nitrogen and oxygen atoms in total. The highest BCUT2D eigenvalue weighted by Crippen LogP contribution is 2.49. The minimum Gasteiger partial charge on any atom is -0.396 e. The largest absolute Gasteiger partial charge is 0.396 e. The van der Waals surface area contributed by atoms with Crippen LogP contribution < -0.4 is 0 Å². The Morgan fingerprint density at radius 1 is 1.36 bits per heavy atom. The minimum atomic E-state index is 0.370. The molecule has 0 heterocycles. The molecule has 0 saturated heterocycles. The molecule has 0 aromatic rings. The van der Waals surface area contributed by atoms with Gasteiger partial charge in [-0.3, -0.25) is 0 Å². The molecular formula is C10H20O. The van der Waals surface area contributed by atoms with Crippen LogP contribution >= 0.6 is 0 Å². The summed E-state index contributed by atoms with van der Waals surface area (Å²) in [7, 11) is 0. The Bertz CT molecular complexity index is 140.